The van der Waals surface area contributed by atoms with E-state index < -0.39 is 11.7 Å². The summed E-state index contributed by atoms with van der Waals surface area (Å²) in [6, 6.07) is -0.880. The van der Waals surface area contributed by atoms with Gasteiger partial charge in [0.25, 0.3) is 5.66 Å². The second-order valence-electron chi connectivity index (χ2n) is 4.86. The molecule has 108 valence electrons. The molecule has 0 aromatic heterocycles. The van der Waals surface area contributed by atoms with Crippen LogP contribution in [0.2, 0.25) is 0 Å². The zero-order valence-electron chi connectivity index (χ0n) is 11.4. The van der Waals surface area contributed by atoms with Crippen LogP contribution >= 0.6 is 9.24 Å². The molecule has 2 aliphatic heterocycles. The Morgan fingerprint density at radius 1 is 1.22 bits per heavy atom. The van der Waals surface area contributed by atoms with E-state index in [2.05, 4.69) is 17.6 Å². The Kier molecular flexibility index (Phi) is 6.39. The molecule has 0 aliphatic carbocycles. The second-order valence-corrected chi connectivity index (χ2v) is 5.63. The van der Waals surface area contributed by atoms with Gasteiger partial charge >= 0.3 is 0 Å². The van der Waals surface area contributed by atoms with Gasteiger partial charge in [0, 0.05) is 13.1 Å². The minimum atomic E-state index is -2.80. The van der Waals surface area contributed by atoms with E-state index in [1.807, 2.05) is 13.8 Å². The molecule has 0 saturated carbocycles. The highest BCUT2D eigenvalue weighted by Crippen LogP contribution is 2.34. The molecule has 0 radical (unpaired) electrons. The lowest BCUT2D eigenvalue weighted by molar-refractivity contribution is -0.109. The third-order valence-electron chi connectivity index (χ3n) is 3.22. The van der Waals surface area contributed by atoms with Gasteiger partial charge in [-0.15, -0.1) is 0 Å². The Hall–Kier alpha value is 0.170. The van der Waals surface area contributed by atoms with Crippen LogP contribution in [0.5, 0.6) is 0 Å². The fraction of sp³-hybridized carbons (Fsp3) is 1.00. The van der Waals surface area contributed by atoms with Gasteiger partial charge in [-0.1, -0.05) is 30.0 Å². The van der Waals surface area contributed by atoms with Gasteiger partial charge in [-0.2, -0.15) is 0 Å². The van der Waals surface area contributed by atoms with Crippen molar-refractivity contribution in [3.8, 4) is 0 Å². The van der Waals surface area contributed by atoms with Crippen molar-refractivity contribution < 1.29 is 13.5 Å². The minimum absolute atomic E-state index is 0.104. The molecule has 18 heavy (non-hydrogen) atoms. The van der Waals surface area contributed by atoms with E-state index >= 15 is 0 Å². The summed E-state index contributed by atoms with van der Waals surface area (Å²) in [7, 11) is 1.62. The zero-order valence-corrected chi connectivity index (χ0v) is 12.5. The predicted molar refractivity (Wildman–Crippen MR) is 73.1 cm³/mol. The lowest BCUT2D eigenvalue weighted by Crippen LogP contribution is -2.60. The summed E-state index contributed by atoms with van der Waals surface area (Å²) >= 11 is 0. The fourth-order valence-corrected chi connectivity index (χ4v) is 2.53. The molecule has 3 nitrogen and oxygen atoms in total. The molecule has 0 spiro atoms. The molecule has 2 heterocycles. The summed E-state index contributed by atoms with van der Waals surface area (Å²) in [6.07, 6.45) is 0.424. The molecule has 4 unspecified atom stereocenters. The first-order chi connectivity index (χ1) is 8.47. The Morgan fingerprint density at radius 3 is 2.28 bits per heavy atom. The van der Waals surface area contributed by atoms with Gasteiger partial charge < -0.3 is 15.4 Å². The topological polar surface area (TPSA) is 33.3 Å². The Morgan fingerprint density at radius 2 is 1.83 bits per heavy atom. The van der Waals surface area contributed by atoms with Gasteiger partial charge in [-0.25, -0.2) is 8.78 Å². The van der Waals surface area contributed by atoms with Crippen molar-refractivity contribution in [2.75, 3.05) is 19.6 Å². The number of alkyl halides is 2. The van der Waals surface area contributed by atoms with Crippen molar-refractivity contribution in [1.29, 1.82) is 0 Å². The van der Waals surface area contributed by atoms with Crippen LogP contribution in [0.3, 0.4) is 0 Å². The number of piperidine rings is 1. The number of hydrogen-bond donors (Lipinski definition) is 2. The Balaban J connectivity index is 0.000000771. The molecule has 2 N–H and O–H groups in total. The van der Waals surface area contributed by atoms with Crippen LogP contribution in [0.4, 0.5) is 8.78 Å². The highest BCUT2D eigenvalue weighted by molar-refractivity contribution is 7.18. The van der Waals surface area contributed by atoms with Crippen molar-refractivity contribution in [3.63, 3.8) is 0 Å². The first kappa shape index (κ1) is 16.2. The zero-order chi connectivity index (χ0) is 13.8. The molecule has 0 aromatic carbocycles. The van der Waals surface area contributed by atoms with Crippen LogP contribution in [-0.2, 0) is 4.74 Å². The average molecular weight is 282 g/mol. The molecule has 2 aliphatic rings. The lowest BCUT2D eigenvalue weighted by atomic mass is 9.93. The van der Waals surface area contributed by atoms with Crippen molar-refractivity contribution in [2.24, 2.45) is 5.92 Å². The molecule has 6 heteroatoms. The summed E-state index contributed by atoms with van der Waals surface area (Å²) in [6.45, 7) is 8.25. The van der Waals surface area contributed by atoms with Crippen molar-refractivity contribution >= 4 is 9.24 Å². The van der Waals surface area contributed by atoms with Crippen LogP contribution in [-0.4, -0.2) is 43.5 Å². The maximum atomic E-state index is 13.4. The summed E-state index contributed by atoms with van der Waals surface area (Å²) < 4.78 is 32.4. The molecule has 0 bridgehead atoms. The largest absolute Gasteiger partial charge is 0.370 e. The Labute approximate surface area is 111 Å². The van der Waals surface area contributed by atoms with Gasteiger partial charge in [-0.05, 0) is 18.9 Å². The molecule has 2 saturated heterocycles. The highest BCUT2D eigenvalue weighted by Gasteiger charge is 2.44. The maximum Gasteiger partial charge on any atom is 0.276 e. The van der Waals surface area contributed by atoms with Crippen LogP contribution in [0.25, 0.3) is 0 Å². The molecular weight excluding hydrogens is 257 g/mol. The Bertz CT molecular complexity index is 247. The first-order valence-corrected chi connectivity index (χ1v) is 7.31. The van der Waals surface area contributed by atoms with Gasteiger partial charge in [-0.3, -0.25) is 0 Å². The van der Waals surface area contributed by atoms with Crippen LogP contribution in [0.1, 0.15) is 27.2 Å². The van der Waals surface area contributed by atoms with Gasteiger partial charge in [0.1, 0.15) is 6.04 Å². The number of ether oxygens (including phenoxy) is 1. The van der Waals surface area contributed by atoms with E-state index in [0.29, 0.717) is 18.9 Å². The van der Waals surface area contributed by atoms with Gasteiger partial charge in [0.2, 0.25) is 0 Å². The number of rotatable bonds is 3. The number of halogens is 2. The number of hydrogen-bond acceptors (Lipinski definition) is 3. The molecule has 4 atom stereocenters. The SMILES string of the molecule is CC.CC1CNC(C(F)(F)P)C(OC2CNC2)C1. The highest BCUT2D eigenvalue weighted by atomic mass is 31.0. The predicted octanol–water partition coefficient (Wildman–Crippen LogP) is 1.84. The molecule has 2 fully saturated rings. The van der Waals surface area contributed by atoms with E-state index in [9.17, 15) is 8.78 Å². The third-order valence-corrected chi connectivity index (χ3v) is 3.58. The monoisotopic (exact) mass is 282 g/mol. The van der Waals surface area contributed by atoms with E-state index in [-0.39, 0.29) is 12.2 Å². The molecule has 0 amide bonds. The van der Waals surface area contributed by atoms with Crippen LogP contribution < -0.4 is 10.6 Å². The summed E-state index contributed by atoms with van der Waals surface area (Å²) in [5.74, 6) is 0.390. The van der Waals surface area contributed by atoms with Crippen molar-refractivity contribution in [1.82, 2.24) is 10.6 Å². The molecule has 0 aromatic rings. The van der Waals surface area contributed by atoms with E-state index in [0.717, 1.165) is 13.1 Å². The van der Waals surface area contributed by atoms with Gasteiger partial charge in [0.15, 0.2) is 0 Å². The third kappa shape index (κ3) is 4.37. The van der Waals surface area contributed by atoms with Crippen molar-refractivity contribution in [2.45, 2.75) is 51.1 Å². The first-order valence-electron chi connectivity index (χ1n) is 6.73. The smallest absolute Gasteiger partial charge is 0.276 e. The van der Waals surface area contributed by atoms with Gasteiger partial charge in [0.05, 0.1) is 12.2 Å². The average Bonchev–Trinajstić information content (AvgIpc) is 2.25. The molecular formula is C12H25F2N2OP. The summed E-state index contributed by atoms with van der Waals surface area (Å²) in [4.78, 5) is 0. The van der Waals surface area contributed by atoms with E-state index in [4.69, 9.17) is 4.74 Å². The lowest BCUT2D eigenvalue weighted by Gasteiger charge is -2.41. The maximum absolute atomic E-state index is 13.4. The summed E-state index contributed by atoms with van der Waals surface area (Å²) in [5.41, 5.74) is -2.80. The van der Waals surface area contributed by atoms with Crippen molar-refractivity contribution in [3.05, 3.63) is 0 Å². The van der Waals surface area contributed by atoms with E-state index in [1.54, 1.807) is 9.24 Å². The molecule has 2 rings (SSSR count). The summed E-state index contributed by atoms with van der Waals surface area (Å²) in [5, 5.41) is 5.97. The fourth-order valence-electron chi connectivity index (χ4n) is 2.20. The minimum Gasteiger partial charge on any atom is -0.370 e. The normalized spacial score (nSPS) is 33.3. The van der Waals surface area contributed by atoms with Crippen LogP contribution in [0.15, 0.2) is 0 Å². The standard InChI is InChI=1S/C10H19F2N2OP.C2H6/c1-6-2-8(15-7-4-13-5-7)9(14-3-6)10(11,12)16;1-2/h6-9,13-14H,2-5,16H2,1H3;1-2H3. The van der Waals surface area contributed by atoms with Crippen LogP contribution in [0, 0.1) is 5.92 Å². The second kappa shape index (κ2) is 7.09. The number of nitrogens with one attached hydrogen (secondary N) is 2. The quantitative estimate of drug-likeness (QED) is 0.775. The van der Waals surface area contributed by atoms with E-state index in [1.165, 1.54) is 0 Å².